The van der Waals surface area contributed by atoms with Crippen LogP contribution >= 0.6 is 22.6 Å². The van der Waals surface area contributed by atoms with Gasteiger partial charge in [0.15, 0.2) is 0 Å². The molecule has 1 aliphatic rings. The van der Waals surface area contributed by atoms with Gasteiger partial charge in [-0.1, -0.05) is 25.3 Å². The maximum Gasteiger partial charge on any atom is 0.255 e. The van der Waals surface area contributed by atoms with E-state index in [4.69, 9.17) is 0 Å². The van der Waals surface area contributed by atoms with Crippen LogP contribution in [-0.2, 0) is 10.0 Å². The third-order valence-corrected chi connectivity index (χ3v) is 7.48. The summed E-state index contributed by atoms with van der Waals surface area (Å²) in [5.74, 6) is -0.219. The van der Waals surface area contributed by atoms with Crippen LogP contribution in [-0.4, -0.2) is 20.4 Å². The number of carbonyl (C=O) groups excluding carboxylic acids is 1. The molecule has 0 saturated heterocycles. The fourth-order valence-corrected chi connectivity index (χ4v) is 4.98. The fourth-order valence-electron chi connectivity index (χ4n) is 3.16. The van der Waals surface area contributed by atoms with Crippen molar-refractivity contribution in [1.82, 2.24) is 4.72 Å². The molecule has 2 aromatic carbocycles. The van der Waals surface area contributed by atoms with Gasteiger partial charge in [0.25, 0.3) is 5.91 Å². The lowest BCUT2D eigenvalue weighted by atomic mass is 9.96. The molecule has 1 amide bonds. The number of halogens is 1. The summed E-state index contributed by atoms with van der Waals surface area (Å²) >= 11 is 2.20. The van der Waals surface area contributed by atoms with Crippen molar-refractivity contribution in [3.8, 4) is 0 Å². The minimum absolute atomic E-state index is 0.0205. The van der Waals surface area contributed by atoms with Crippen LogP contribution in [0.3, 0.4) is 0 Å². The average Bonchev–Trinajstić information content (AvgIpc) is 2.65. The van der Waals surface area contributed by atoms with Crippen molar-refractivity contribution in [1.29, 1.82) is 0 Å². The highest BCUT2D eigenvalue weighted by Crippen LogP contribution is 2.21. The molecule has 1 saturated carbocycles. The lowest BCUT2D eigenvalue weighted by Crippen LogP contribution is -2.36. The quantitative estimate of drug-likeness (QED) is 0.598. The standard InChI is InChI=1S/C20H23IN2O3S/c1-14-7-8-15(13-19(14)21)20(24)22-16-9-11-18(12-10-16)27(25,26)23-17-5-3-2-4-6-17/h7-13,17,23H,2-6H2,1H3,(H,22,24). The van der Waals surface area contributed by atoms with Crippen LogP contribution < -0.4 is 10.0 Å². The molecule has 0 heterocycles. The molecular formula is C20H23IN2O3S. The van der Waals surface area contributed by atoms with Gasteiger partial charge in [0.2, 0.25) is 10.0 Å². The van der Waals surface area contributed by atoms with Gasteiger partial charge in [-0.15, -0.1) is 0 Å². The van der Waals surface area contributed by atoms with Gasteiger partial charge < -0.3 is 5.32 Å². The molecule has 27 heavy (non-hydrogen) atoms. The van der Waals surface area contributed by atoms with Crippen molar-refractivity contribution in [2.24, 2.45) is 0 Å². The van der Waals surface area contributed by atoms with E-state index in [-0.39, 0.29) is 16.8 Å². The summed E-state index contributed by atoms with van der Waals surface area (Å²) < 4.78 is 28.9. The predicted octanol–water partition coefficient (Wildman–Crippen LogP) is 4.46. The Balaban J connectivity index is 1.67. The summed E-state index contributed by atoms with van der Waals surface area (Å²) in [5, 5.41) is 2.81. The zero-order valence-corrected chi connectivity index (χ0v) is 18.1. The van der Waals surface area contributed by atoms with Crippen molar-refractivity contribution in [3.05, 3.63) is 57.2 Å². The third-order valence-electron chi connectivity index (χ3n) is 4.78. The van der Waals surface area contributed by atoms with Gasteiger partial charge in [-0.25, -0.2) is 13.1 Å². The summed E-state index contributed by atoms with van der Waals surface area (Å²) in [6, 6.07) is 11.8. The monoisotopic (exact) mass is 498 g/mol. The highest BCUT2D eigenvalue weighted by molar-refractivity contribution is 14.1. The Morgan fingerprint density at radius 1 is 1.04 bits per heavy atom. The van der Waals surface area contributed by atoms with Crippen molar-refractivity contribution < 1.29 is 13.2 Å². The second kappa shape index (κ2) is 8.70. The van der Waals surface area contributed by atoms with Crippen LogP contribution in [0.2, 0.25) is 0 Å². The molecule has 0 aliphatic heterocycles. The van der Waals surface area contributed by atoms with Gasteiger partial charge in [0.05, 0.1) is 4.90 Å². The van der Waals surface area contributed by atoms with Crippen LogP contribution in [0.15, 0.2) is 47.4 Å². The van der Waals surface area contributed by atoms with E-state index in [9.17, 15) is 13.2 Å². The second-order valence-corrected chi connectivity index (χ2v) is 9.77. The molecule has 5 nitrogen and oxygen atoms in total. The zero-order chi connectivity index (χ0) is 19.4. The van der Waals surface area contributed by atoms with E-state index < -0.39 is 10.0 Å². The van der Waals surface area contributed by atoms with Crippen molar-refractivity contribution in [2.75, 3.05) is 5.32 Å². The number of rotatable bonds is 5. The smallest absolute Gasteiger partial charge is 0.255 e. The largest absolute Gasteiger partial charge is 0.322 e. The lowest BCUT2D eigenvalue weighted by molar-refractivity contribution is 0.102. The molecule has 2 N–H and O–H groups in total. The van der Waals surface area contributed by atoms with E-state index in [0.717, 1.165) is 34.8 Å². The van der Waals surface area contributed by atoms with E-state index in [1.54, 1.807) is 18.2 Å². The molecule has 0 bridgehead atoms. The Hall–Kier alpha value is -1.45. The van der Waals surface area contributed by atoms with Gasteiger partial charge in [0.1, 0.15) is 0 Å². The first-order chi connectivity index (χ1) is 12.8. The van der Waals surface area contributed by atoms with Crippen molar-refractivity contribution >= 4 is 44.2 Å². The van der Waals surface area contributed by atoms with E-state index in [0.29, 0.717) is 11.3 Å². The SMILES string of the molecule is Cc1ccc(C(=O)Nc2ccc(S(=O)(=O)NC3CCCCC3)cc2)cc1I. The molecule has 0 radical (unpaired) electrons. The first kappa shape index (κ1) is 20.3. The number of amides is 1. The molecule has 7 heteroatoms. The highest BCUT2D eigenvalue weighted by Gasteiger charge is 2.21. The second-order valence-electron chi connectivity index (χ2n) is 6.90. The highest BCUT2D eigenvalue weighted by atomic mass is 127. The number of aryl methyl sites for hydroxylation is 1. The Labute approximate surface area is 174 Å². The number of hydrogen-bond donors (Lipinski definition) is 2. The molecule has 0 unspecified atom stereocenters. The number of benzene rings is 2. The lowest BCUT2D eigenvalue weighted by Gasteiger charge is -2.22. The van der Waals surface area contributed by atoms with Gasteiger partial charge in [-0.3, -0.25) is 4.79 Å². The summed E-state index contributed by atoms with van der Waals surface area (Å²) in [5.41, 5.74) is 2.25. The molecule has 2 aromatic rings. The summed E-state index contributed by atoms with van der Waals surface area (Å²) in [6.45, 7) is 1.99. The zero-order valence-electron chi connectivity index (χ0n) is 15.2. The van der Waals surface area contributed by atoms with E-state index in [2.05, 4.69) is 32.6 Å². The number of nitrogens with one attached hydrogen (secondary N) is 2. The number of sulfonamides is 1. The molecule has 1 aliphatic carbocycles. The normalized spacial score (nSPS) is 15.5. The molecule has 0 spiro atoms. The predicted molar refractivity (Wildman–Crippen MR) is 115 cm³/mol. The van der Waals surface area contributed by atoms with Gasteiger partial charge >= 0.3 is 0 Å². The first-order valence-electron chi connectivity index (χ1n) is 9.05. The fraction of sp³-hybridized carbons (Fsp3) is 0.350. The van der Waals surface area contributed by atoms with Crippen LogP contribution in [0.1, 0.15) is 48.0 Å². The summed E-state index contributed by atoms with van der Waals surface area (Å²) in [4.78, 5) is 12.6. The average molecular weight is 498 g/mol. The maximum absolute atomic E-state index is 12.5. The molecule has 0 aromatic heterocycles. The number of anilines is 1. The molecular weight excluding hydrogens is 475 g/mol. The molecule has 3 rings (SSSR count). The summed E-state index contributed by atoms with van der Waals surface area (Å²) in [6.07, 6.45) is 5.09. The van der Waals surface area contributed by atoms with E-state index in [1.165, 1.54) is 18.6 Å². The third kappa shape index (κ3) is 5.30. The van der Waals surface area contributed by atoms with Crippen molar-refractivity contribution in [2.45, 2.75) is 50.0 Å². The maximum atomic E-state index is 12.5. The minimum atomic E-state index is -3.53. The van der Waals surface area contributed by atoms with Gasteiger partial charge in [0, 0.05) is 20.9 Å². The van der Waals surface area contributed by atoms with E-state index >= 15 is 0 Å². The van der Waals surface area contributed by atoms with Crippen LogP contribution in [0.4, 0.5) is 5.69 Å². The van der Waals surface area contributed by atoms with Crippen LogP contribution in [0.5, 0.6) is 0 Å². The number of hydrogen-bond acceptors (Lipinski definition) is 3. The van der Waals surface area contributed by atoms with Gasteiger partial charge in [-0.05, 0) is 84.3 Å². The first-order valence-corrected chi connectivity index (χ1v) is 11.6. The Bertz CT molecular complexity index is 921. The molecule has 1 fully saturated rings. The summed E-state index contributed by atoms with van der Waals surface area (Å²) in [7, 11) is -3.53. The van der Waals surface area contributed by atoms with Crippen LogP contribution in [0.25, 0.3) is 0 Å². The Kier molecular flexibility index (Phi) is 6.54. The van der Waals surface area contributed by atoms with E-state index in [1.807, 2.05) is 19.1 Å². The van der Waals surface area contributed by atoms with Gasteiger partial charge in [-0.2, -0.15) is 0 Å². The Morgan fingerprint density at radius 2 is 1.70 bits per heavy atom. The van der Waals surface area contributed by atoms with Crippen LogP contribution in [0, 0.1) is 10.5 Å². The molecule has 144 valence electrons. The topological polar surface area (TPSA) is 75.3 Å². The Morgan fingerprint density at radius 3 is 2.33 bits per heavy atom. The van der Waals surface area contributed by atoms with Crippen molar-refractivity contribution in [3.63, 3.8) is 0 Å². The minimum Gasteiger partial charge on any atom is -0.322 e. The molecule has 0 atom stereocenters. The number of carbonyl (C=O) groups is 1.